The van der Waals surface area contributed by atoms with Gasteiger partial charge >= 0.3 is 0 Å². The van der Waals surface area contributed by atoms with Gasteiger partial charge in [-0.15, -0.1) is 0 Å². The largest absolute Gasteiger partial charge is 0.497 e. The molecule has 0 radical (unpaired) electrons. The second kappa shape index (κ2) is 10.0. The van der Waals surface area contributed by atoms with Gasteiger partial charge in [0.1, 0.15) is 11.5 Å². The van der Waals surface area contributed by atoms with Crippen molar-refractivity contribution >= 4 is 5.91 Å². The molecule has 1 aromatic heterocycles. The van der Waals surface area contributed by atoms with E-state index in [1.807, 2.05) is 97.5 Å². The van der Waals surface area contributed by atoms with Crippen molar-refractivity contribution in [3.63, 3.8) is 0 Å². The van der Waals surface area contributed by atoms with Gasteiger partial charge in [0.15, 0.2) is 6.61 Å². The van der Waals surface area contributed by atoms with E-state index in [9.17, 15) is 4.79 Å². The number of ether oxygens (including phenoxy) is 2. The molecular formula is C27H27N3O3. The van der Waals surface area contributed by atoms with E-state index < -0.39 is 0 Å². The van der Waals surface area contributed by atoms with Gasteiger partial charge in [-0.3, -0.25) is 4.79 Å². The lowest BCUT2D eigenvalue weighted by atomic mass is 10.1. The molecule has 1 N–H and O–H groups in total. The minimum atomic E-state index is -0.197. The molecule has 0 aliphatic heterocycles. The Morgan fingerprint density at radius 1 is 0.939 bits per heavy atom. The van der Waals surface area contributed by atoms with Crippen molar-refractivity contribution in [2.75, 3.05) is 13.7 Å². The van der Waals surface area contributed by atoms with Crippen molar-refractivity contribution in [3.8, 4) is 28.4 Å². The third-order valence-electron chi connectivity index (χ3n) is 5.48. The lowest BCUT2D eigenvalue weighted by Crippen LogP contribution is -2.28. The minimum Gasteiger partial charge on any atom is -0.497 e. The fourth-order valence-corrected chi connectivity index (χ4v) is 3.46. The van der Waals surface area contributed by atoms with Gasteiger partial charge in [0.2, 0.25) is 0 Å². The molecule has 0 saturated heterocycles. The molecule has 0 fully saturated rings. The number of nitrogens with one attached hydrogen (secondary N) is 1. The van der Waals surface area contributed by atoms with Crippen LogP contribution >= 0.6 is 0 Å². The summed E-state index contributed by atoms with van der Waals surface area (Å²) in [5.41, 5.74) is 5.85. The van der Waals surface area contributed by atoms with Gasteiger partial charge in [-0.1, -0.05) is 36.4 Å². The van der Waals surface area contributed by atoms with E-state index in [1.54, 1.807) is 7.11 Å². The number of benzene rings is 3. The van der Waals surface area contributed by atoms with Crippen molar-refractivity contribution in [2.24, 2.45) is 0 Å². The molecule has 0 unspecified atom stereocenters. The highest BCUT2D eigenvalue weighted by molar-refractivity contribution is 5.78. The fraction of sp³-hybridized carbons (Fsp3) is 0.185. The summed E-state index contributed by atoms with van der Waals surface area (Å²) in [6, 6.07) is 23.4. The monoisotopic (exact) mass is 441 g/mol. The van der Waals surface area contributed by atoms with Crippen molar-refractivity contribution < 1.29 is 14.3 Å². The lowest BCUT2D eigenvalue weighted by molar-refractivity contribution is -0.123. The predicted molar refractivity (Wildman–Crippen MR) is 129 cm³/mol. The molecule has 168 valence electrons. The number of aromatic nitrogens is 2. The number of para-hydroxylation sites is 1. The van der Waals surface area contributed by atoms with Crippen LogP contribution in [0.5, 0.6) is 11.5 Å². The Morgan fingerprint density at radius 2 is 1.76 bits per heavy atom. The number of hydrogen-bond donors (Lipinski definition) is 1. The maximum atomic E-state index is 12.5. The summed E-state index contributed by atoms with van der Waals surface area (Å²) in [6.45, 7) is 4.34. The molecule has 1 amide bonds. The van der Waals surface area contributed by atoms with Crippen molar-refractivity contribution in [1.29, 1.82) is 0 Å². The molecule has 0 aliphatic carbocycles. The molecule has 4 rings (SSSR count). The topological polar surface area (TPSA) is 65.4 Å². The second-order valence-electron chi connectivity index (χ2n) is 7.83. The van der Waals surface area contributed by atoms with Crippen LogP contribution in [0.2, 0.25) is 0 Å². The van der Waals surface area contributed by atoms with Gasteiger partial charge in [0, 0.05) is 23.9 Å². The summed E-state index contributed by atoms with van der Waals surface area (Å²) < 4.78 is 12.9. The molecule has 3 aromatic carbocycles. The molecule has 0 atom stereocenters. The maximum Gasteiger partial charge on any atom is 0.258 e. The number of nitrogens with zero attached hydrogens (tertiary/aromatic N) is 2. The van der Waals surface area contributed by atoms with Crippen LogP contribution in [0.25, 0.3) is 16.9 Å². The standard InChI is InChI=1S/C27H27N3O3/c1-19-12-13-25(14-20(19)2)33-18-26(31)28-16-22-17-30(23-9-5-4-6-10-23)29-27(22)21-8-7-11-24(15-21)32-3/h4-15,17H,16,18H2,1-3H3,(H,28,31). The number of rotatable bonds is 8. The van der Waals surface area contributed by atoms with Gasteiger partial charge in [-0.25, -0.2) is 4.68 Å². The highest BCUT2D eigenvalue weighted by Gasteiger charge is 2.14. The first-order valence-corrected chi connectivity index (χ1v) is 10.8. The molecule has 4 aromatic rings. The summed E-state index contributed by atoms with van der Waals surface area (Å²) in [7, 11) is 1.64. The van der Waals surface area contributed by atoms with Crippen LogP contribution in [0.15, 0.2) is 79.0 Å². The van der Waals surface area contributed by atoms with Gasteiger partial charge < -0.3 is 14.8 Å². The Hall–Kier alpha value is -4.06. The van der Waals surface area contributed by atoms with Crippen molar-refractivity contribution in [1.82, 2.24) is 15.1 Å². The SMILES string of the molecule is COc1cccc(-c2nn(-c3ccccc3)cc2CNC(=O)COc2ccc(C)c(C)c2)c1. The number of amides is 1. The Bertz CT molecular complexity index is 1250. The summed E-state index contributed by atoms with van der Waals surface area (Å²) in [6.07, 6.45) is 1.94. The summed E-state index contributed by atoms with van der Waals surface area (Å²) in [5, 5.41) is 7.74. The van der Waals surface area contributed by atoms with E-state index in [1.165, 1.54) is 5.56 Å². The van der Waals surface area contributed by atoms with Crippen molar-refractivity contribution in [2.45, 2.75) is 20.4 Å². The van der Waals surface area contributed by atoms with E-state index in [4.69, 9.17) is 14.6 Å². The Balaban J connectivity index is 1.51. The van der Waals surface area contributed by atoms with Crippen LogP contribution in [0.4, 0.5) is 0 Å². The number of carbonyl (C=O) groups is 1. The zero-order chi connectivity index (χ0) is 23.2. The van der Waals surface area contributed by atoms with E-state index in [0.29, 0.717) is 12.3 Å². The van der Waals surface area contributed by atoms with Crippen LogP contribution in [0, 0.1) is 13.8 Å². The molecule has 0 aliphatic rings. The third kappa shape index (κ3) is 5.41. The van der Waals surface area contributed by atoms with Gasteiger partial charge in [0.05, 0.1) is 18.5 Å². The van der Waals surface area contributed by atoms with Gasteiger partial charge in [-0.2, -0.15) is 5.10 Å². The molecule has 1 heterocycles. The van der Waals surface area contributed by atoms with E-state index in [-0.39, 0.29) is 12.5 Å². The molecule has 6 heteroatoms. The normalized spacial score (nSPS) is 10.6. The second-order valence-corrected chi connectivity index (χ2v) is 7.83. The fourth-order valence-electron chi connectivity index (χ4n) is 3.46. The van der Waals surface area contributed by atoms with Crippen LogP contribution < -0.4 is 14.8 Å². The van der Waals surface area contributed by atoms with Crippen LogP contribution in [-0.2, 0) is 11.3 Å². The third-order valence-corrected chi connectivity index (χ3v) is 5.48. The molecular weight excluding hydrogens is 414 g/mol. The first-order chi connectivity index (χ1) is 16.0. The van der Waals surface area contributed by atoms with Crippen LogP contribution in [0.3, 0.4) is 0 Å². The number of carbonyl (C=O) groups excluding carboxylic acids is 1. The highest BCUT2D eigenvalue weighted by atomic mass is 16.5. The van der Waals surface area contributed by atoms with E-state index >= 15 is 0 Å². The number of aryl methyl sites for hydroxylation is 2. The Kier molecular flexibility index (Phi) is 6.74. The summed E-state index contributed by atoms with van der Waals surface area (Å²) in [4.78, 5) is 12.5. The Labute approximate surface area is 193 Å². The first-order valence-electron chi connectivity index (χ1n) is 10.8. The highest BCUT2D eigenvalue weighted by Crippen LogP contribution is 2.27. The van der Waals surface area contributed by atoms with Gasteiger partial charge in [0.25, 0.3) is 5.91 Å². The lowest BCUT2D eigenvalue weighted by Gasteiger charge is -2.09. The van der Waals surface area contributed by atoms with Crippen LogP contribution in [-0.4, -0.2) is 29.4 Å². The van der Waals surface area contributed by atoms with Crippen LogP contribution in [0.1, 0.15) is 16.7 Å². The first kappa shape index (κ1) is 22.1. The smallest absolute Gasteiger partial charge is 0.258 e. The molecule has 6 nitrogen and oxygen atoms in total. The number of hydrogen-bond acceptors (Lipinski definition) is 4. The zero-order valence-corrected chi connectivity index (χ0v) is 19.0. The summed E-state index contributed by atoms with van der Waals surface area (Å²) in [5.74, 6) is 1.23. The maximum absolute atomic E-state index is 12.5. The Morgan fingerprint density at radius 3 is 2.52 bits per heavy atom. The minimum absolute atomic E-state index is 0.0518. The average molecular weight is 442 g/mol. The molecule has 0 spiro atoms. The average Bonchev–Trinajstić information content (AvgIpc) is 3.28. The molecule has 0 bridgehead atoms. The number of methoxy groups -OCH3 is 1. The molecule has 33 heavy (non-hydrogen) atoms. The predicted octanol–water partition coefficient (Wildman–Crippen LogP) is 4.86. The summed E-state index contributed by atoms with van der Waals surface area (Å²) >= 11 is 0. The van der Waals surface area contributed by atoms with E-state index in [0.717, 1.165) is 33.8 Å². The zero-order valence-electron chi connectivity index (χ0n) is 19.0. The molecule has 0 saturated carbocycles. The van der Waals surface area contributed by atoms with E-state index in [2.05, 4.69) is 5.32 Å². The van der Waals surface area contributed by atoms with Gasteiger partial charge in [-0.05, 0) is 61.4 Å². The van der Waals surface area contributed by atoms with Crippen molar-refractivity contribution in [3.05, 3.63) is 95.7 Å². The quantitative estimate of drug-likeness (QED) is 0.424.